The average molecular weight is 343 g/mol. The van der Waals surface area contributed by atoms with E-state index in [4.69, 9.17) is 14.2 Å². The van der Waals surface area contributed by atoms with Crippen molar-refractivity contribution in [1.29, 1.82) is 0 Å². The first-order valence-electron chi connectivity index (χ1n) is 7.73. The van der Waals surface area contributed by atoms with E-state index in [1.54, 1.807) is 38.2 Å². The summed E-state index contributed by atoms with van der Waals surface area (Å²) in [5.41, 5.74) is 1.67. The van der Waals surface area contributed by atoms with Crippen LogP contribution in [0.2, 0.25) is 0 Å². The molecule has 1 aromatic carbocycles. The van der Waals surface area contributed by atoms with E-state index in [-0.39, 0.29) is 6.61 Å². The van der Waals surface area contributed by atoms with Crippen molar-refractivity contribution < 1.29 is 19.0 Å². The fraction of sp³-hybridized carbons (Fsp3) is 0.333. The van der Waals surface area contributed by atoms with Gasteiger partial charge in [-0.15, -0.1) is 5.92 Å². The highest BCUT2D eigenvalue weighted by atomic mass is 16.5. The summed E-state index contributed by atoms with van der Waals surface area (Å²) < 4.78 is 17.2. The third kappa shape index (κ3) is 5.46. The van der Waals surface area contributed by atoms with Crippen LogP contribution in [-0.4, -0.2) is 36.7 Å². The molecule has 0 aliphatic heterocycles. The van der Waals surface area contributed by atoms with Crippen LogP contribution >= 0.6 is 0 Å². The van der Waals surface area contributed by atoms with Crippen molar-refractivity contribution in [2.45, 2.75) is 19.9 Å². The quantitative estimate of drug-likeness (QED) is 0.783. The minimum absolute atomic E-state index is 0.0653. The molecule has 1 amide bonds. The monoisotopic (exact) mass is 343 g/mol. The molecule has 25 heavy (non-hydrogen) atoms. The Morgan fingerprint density at radius 3 is 2.80 bits per heavy atom. The van der Waals surface area contributed by atoms with Gasteiger partial charge in [-0.05, 0) is 31.0 Å². The van der Waals surface area contributed by atoms with Gasteiger partial charge in [0.1, 0.15) is 0 Å². The number of rotatable bonds is 7. The maximum atomic E-state index is 11.5. The van der Waals surface area contributed by atoms with Crippen molar-refractivity contribution in [3.8, 4) is 23.3 Å². The molecule has 1 aromatic heterocycles. The lowest BCUT2D eigenvalue weighted by Crippen LogP contribution is -2.13. The first kappa shape index (κ1) is 18.2. The minimum Gasteiger partial charge on any atom is -0.493 e. The Kier molecular flexibility index (Phi) is 6.72. The second-order valence-corrected chi connectivity index (χ2v) is 5.06. The van der Waals surface area contributed by atoms with Crippen LogP contribution in [-0.2, 0) is 17.7 Å². The lowest BCUT2D eigenvalue weighted by Gasteiger charge is -2.09. The zero-order chi connectivity index (χ0) is 18.1. The summed E-state index contributed by atoms with van der Waals surface area (Å²) in [6.07, 6.45) is 3.52. The van der Waals surface area contributed by atoms with Gasteiger partial charge in [0.05, 0.1) is 26.1 Å². The van der Waals surface area contributed by atoms with E-state index >= 15 is 0 Å². The maximum absolute atomic E-state index is 11.5. The Labute approximate surface area is 146 Å². The third-order valence-electron chi connectivity index (χ3n) is 3.41. The largest absolute Gasteiger partial charge is 0.493 e. The first-order chi connectivity index (χ1) is 12.2. The van der Waals surface area contributed by atoms with Crippen LogP contribution in [0.15, 0.2) is 30.6 Å². The summed E-state index contributed by atoms with van der Waals surface area (Å²) in [4.78, 5) is 11.5. The van der Waals surface area contributed by atoms with Crippen LogP contribution < -0.4 is 14.8 Å². The van der Waals surface area contributed by atoms with Crippen molar-refractivity contribution in [3.63, 3.8) is 0 Å². The zero-order valence-electron chi connectivity index (χ0n) is 14.5. The van der Waals surface area contributed by atoms with E-state index in [0.717, 1.165) is 12.0 Å². The molecule has 0 aliphatic rings. The lowest BCUT2D eigenvalue weighted by molar-refractivity contribution is 0.176. The van der Waals surface area contributed by atoms with Crippen LogP contribution in [0.4, 0.5) is 10.5 Å². The summed E-state index contributed by atoms with van der Waals surface area (Å²) in [5, 5.41) is 6.82. The number of anilines is 1. The summed E-state index contributed by atoms with van der Waals surface area (Å²) in [6, 6.07) is 5.79. The van der Waals surface area contributed by atoms with E-state index in [1.165, 1.54) is 0 Å². The molecule has 7 heteroatoms. The Morgan fingerprint density at radius 1 is 1.28 bits per heavy atom. The molecule has 0 saturated carbocycles. The fourth-order valence-corrected chi connectivity index (χ4v) is 2.16. The zero-order valence-corrected chi connectivity index (χ0v) is 14.5. The molecule has 0 saturated heterocycles. The molecule has 0 radical (unpaired) electrons. The number of amides is 1. The first-order valence-corrected chi connectivity index (χ1v) is 7.73. The number of aryl methyl sites for hydroxylation is 2. The Hall–Kier alpha value is -3.14. The van der Waals surface area contributed by atoms with Gasteiger partial charge in [-0.25, -0.2) is 4.79 Å². The van der Waals surface area contributed by atoms with Crippen molar-refractivity contribution in [2.75, 3.05) is 26.1 Å². The van der Waals surface area contributed by atoms with E-state index < -0.39 is 6.09 Å². The number of hydrogen-bond donors (Lipinski definition) is 1. The second kappa shape index (κ2) is 9.23. The number of hydrogen-bond acceptors (Lipinski definition) is 5. The van der Waals surface area contributed by atoms with Crippen molar-refractivity contribution in [1.82, 2.24) is 9.78 Å². The molecule has 1 heterocycles. The van der Waals surface area contributed by atoms with Gasteiger partial charge in [0.25, 0.3) is 0 Å². The number of nitrogens with one attached hydrogen (secondary N) is 1. The van der Waals surface area contributed by atoms with Crippen LogP contribution in [0.1, 0.15) is 12.5 Å². The number of nitrogens with zero attached hydrogens (tertiary/aromatic N) is 2. The van der Waals surface area contributed by atoms with Crippen molar-refractivity contribution in [2.24, 2.45) is 0 Å². The van der Waals surface area contributed by atoms with E-state index in [1.807, 2.05) is 18.2 Å². The van der Waals surface area contributed by atoms with Gasteiger partial charge in [0, 0.05) is 12.7 Å². The maximum Gasteiger partial charge on any atom is 0.412 e. The summed E-state index contributed by atoms with van der Waals surface area (Å²) >= 11 is 0. The van der Waals surface area contributed by atoms with Crippen molar-refractivity contribution >= 4 is 11.8 Å². The molecular weight excluding hydrogens is 322 g/mol. The molecule has 2 rings (SSSR count). The van der Waals surface area contributed by atoms with Gasteiger partial charge in [-0.1, -0.05) is 12.0 Å². The van der Waals surface area contributed by atoms with Gasteiger partial charge >= 0.3 is 6.09 Å². The number of aromatic nitrogens is 2. The topological polar surface area (TPSA) is 74.6 Å². The van der Waals surface area contributed by atoms with E-state index in [0.29, 0.717) is 23.7 Å². The molecule has 7 nitrogen and oxygen atoms in total. The van der Waals surface area contributed by atoms with Crippen LogP contribution in [0.3, 0.4) is 0 Å². The van der Waals surface area contributed by atoms with Gasteiger partial charge in [0.15, 0.2) is 18.1 Å². The highest BCUT2D eigenvalue weighted by molar-refractivity contribution is 5.84. The number of benzene rings is 1. The molecule has 0 unspecified atom stereocenters. The van der Waals surface area contributed by atoms with Gasteiger partial charge in [-0.3, -0.25) is 10.00 Å². The van der Waals surface area contributed by atoms with E-state index in [9.17, 15) is 4.79 Å². The molecule has 0 spiro atoms. The normalized spacial score (nSPS) is 9.72. The van der Waals surface area contributed by atoms with Gasteiger partial charge < -0.3 is 14.2 Å². The van der Waals surface area contributed by atoms with Crippen molar-refractivity contribution in [3.05, 3.63) is 36.2 Å². The highest BCUT2D eigenvalue weighted by Gasteiger charge is 2.07. The molecule has 0 atom stereocenters. The van der Waals surface area contributed by atoms with Crippen LogP contribution in [0.5, 0.6) is 11.5 Å². The number of methoxy groups -OCH3 is 2. The molecule has 132 valence electrons. The predicted molar refractivity (Wildman–Crippen MR) is 93.9 cm³/mol. The number of carbonyl (C=O) groups is 1. The highest BCUT2D eigenvalue weighted by Crippen LogP contribution is 2.27. The summed E-state index contributed by atoms with van der Waals surface area (Å²) in [7, 11) is 3.22. The Morgan fingerprint density at radius 2 is 2.08 bits per heavy atom. The minimum atomic E-state index is -0.554. The Bertz CT molecular complexity index is 774. The summed E-state index contributed by atoms with van der Waals surface area (Å²) in [6.45, 7) is 2.41. The molecular formula is C18H21N3O4. The van der Waals surface area contributed by atoms with Crippen LogP contribution in [0.25, 0.3) is 0 Å². The molecule has 1 N–H and O–H groups in total. The summed E-state index contributed by atoms with van der Waals surface area (Å²) in [5.74, 6) is 6.70. The van der Waals surface area contributed by atoms with Gasteiger partial charge in [0.2, 0.25) is 0 Å². The van der Waals surface area contributed by atoms with Gasteiger partial charge in [-0.2, -0.15) is 5.10 Å². The fourth-order valence-electron chi connectivity index (χ4n) is 2.16. The van der Waals surface area contributed by atoms with Crippen LogP contribution in [0, 0.1) is 11.8 Å². The third-order valence-corrected chi connectivity index (χ3v) is 3.41. The molecule has 0 fully saturated rings. The molecule has 0 aliphatic carbocycles. The number of ether oxygens (including phenoxy) is 3. The molecule has 0 bridgehead atoms. The second-order valence-electron chi connectivity index (χ2n) is 5.06. The number of carbonyl (C=O) groups excluding carboxylic acids is 1. The lowest BCUT2D eigenvalue weighted by atomic mass is 10.1. The standard InChI is InChI=1S/C18H21N3O4/c1-4-5-10-25-18(22)20-15-12-19-21(13-15)9-8-14-6-7-16(23-2)17(11-14)24-3/h6-7,11-13H,8-10H2,1-3H3,(H,20,22). The molecule has 2 aromatic rings. The SMILES string of the molecule is CC#CCOC(=O)Nc1cnn(CCc2ccc(OC)c(OC)c2)c1. The smallest absolute Gasteiger partial charge is 0.412 e. The Balaban J connectivity index is 1.88. The predicted octanol–water partition coefficient (Wildman–Crippen LogP) is 2.71. The average Bonchev–Trinajstić information content (AvgIpc) is 3.07. The van der Waals surface area contributed by atoms with E-state index in [2.05, 4.69) is 22.3 Å².